The first kappa shape index (κ1) is 33.9. The number of phenolic OH excluding ortho intramolecular Hbond substituents is 1. The van der Waals surface area contributed by atoms with Crippen molar-refractivity contribution >= 4 is 49.2 Å². The van der Waals surface area contributed by atoms with Crippen LogP contribution in [0.25, 0.3) is 0 Å². The van der Waals surface area contributed by atoms with E-state index in [-0.39, 0.29) is 14.4 Å². The average Bonchev–Trinajstić information content (AvgIpc) is 3.09. The van der Waals surface area contributed by atoms with Crippen molar-refractivity contribution in [2.24, 2.45) is 0 Å². The van der Waals surface area contributed by atoms with E-state index >= 15 is 0 Å². The predicted octanol–water partition coefficient (Wildman–Crippen LogP) is 10.1. The van der Waals surface area contributed by atoms with E-state index in [1.165, 1.54) is 11.6 Å². The van der Waals surface area contributed by atoms with Gasteiger partial charge in [0.15, 0.2) is 0 Å². The first-order chi connectivity index (χ1) is 22.5. The Morgan fingerprint density at radius 2 is 1.07 bits per heavy atom. The summed E-state index contributed by atoms with van der Waals surface area (Å²) in [5, 5.41) is 13.5. The molecule has 0 spiro atoms. The molecule has 0 amide bonds. The maximum atomic E-state index is 14.8. The Kier molecular flexibility index (Phi) is 12.9. The molecule has 230 valence electrons. The van der Waals surface area contributed by atoms with Gasteiger partial charge in [-0.15, -0.1) is 0 Å². The average molecular weight is 700 g/mol. The summed E-state index contributed by atoms with van der Waals surface area (Å²) in [5.74, 6) is 0.0497. The summed E-state index contributed by atoms with van der Waals surface area (Å²) in [7, 11) is 9.93. The van der Waals surface area contributed by atoms with Crippen LogP contribution in [0.15, 0.2) is 152 Å². The van der Waals surface area contributed by atoms with Gasteiger partial charge in [0, 0.05) is 29.6 Å². The third kappa shape index (κ3) is 9.55. The zero-order valence-electron chi connectivity index (χ0n) is 25.1. The molecule has 0 heterocycles. The minimum absolute atomic E-state index is 0.156. The number of hydrogen-bond donors (Lipinski definition) is 1. The van der Waals surface area contributed by atoms with E-state index in [1.54, 1.807) is 6.07 Å². The normalized spacial score (nSPS) is 10.8. The number of halogens is 3. The van der Waals surface area contributed by atoms with Crippen LogP contribution in [-0.2, 0) is 36.4 Å². The Labute approximate surface area is 289 Å². The molecule has 1 unspecified atom stereocenters. The van der Waals surface area contributed by atoms with Crippen LogP contribution in [0.4, 0.5) is 15.8 Å². The van der Waals surface area contributed by atoms with E-state index < -0.39 is 17.0 Å². The monoisotopic (exact) mass is 699 g/mol. The van der Waals surface area contributed by atoms with Gasteiger partial charge in [-0.2, -0.15) is 0 Å². The Balaban J connectivity index is 0.00000134. The molecular formula is C39H33Cl2FNOPTi. The number of rotatable bonds is 10. The summed E-state index contributed by atoms with van der Waals surface area (Å²) in [5.41, 5.74) is 7.38. The molecule has 0 aromatic heterocycles. The maximum absolute atomic E-state index is 14.8. The van der Waals surface area contributed by atoms with Crippen molar-refractivity contribution in [1.82, 2.24) is 0 Å². The topological polar surface area (TPSA) is 23.5 Å². The van der Waals surface area contributed by atoms with Crippen molar-refractivity contribution in [1.29, 1.82) is 0 Å². The number of anilines is 2. The number of hydrogen-bond acceptors (Lipinski definition) is 2. The van der Waals surface area contributed by atoms with Crippen LogP contribution in [0, 0.1) is 5.82 Å². The van der Waals surface area contributed by atoms with Crippen LogP contribution in [0.5, 0.6) is 5.75 Å². The van der Waals surface area contributed by atoms with E-state index in [1.807, 2.05) is 66.7 Å². The quantitative estimate of drug-likeness (QED) is 0.114. The summed E-state index contributed by atoms with van der Waals surface area (Å²) in [6.07, 6.45) is 1.41. The molecule has 0 radical (unpaired) electrons. The number of aromatic hydroxyl groups is 1. The van der Waals surface area contributed by atoms with E-state index in [9.17, 15) is 9.50 Å². The second kappa shape index (κ2) is 17.5. The molecule has 0 saturated heterocycles. The minimum atomic E-state index is -0.556. The molecule has 46 heavy (non-hydrogen) atoms. The van der Waals surface area contributed by atoms with Crippen LogP contribution < -0.4 is 15.5 Å². The molecule has 0 aliphatic carbocycles. The SMILES string of the molecule is Oc1c(Cc2ccccc2)cc(Cc2ccccc2)cc1Pc1ccc(F)cc1CN(c1ccccc1)c1ccccc1.[Cl][Ti][Cl]. The van der Waals surface area contributed by atoms with Gasteiger partial charge in [-0.25, -0.2) is 4.39 Å². The molecule has 0 aliphatic heterocycles. The van der Waals surface area contributed by atoms with E-state index in [2.05, 4.69) is 77.7 Å². The summed E-state index contributed by atoms with van der Waals surface area (Å²) in [4.78, 5) is 2.20. The molecule has 0 bridgehead atoms. The fourth-order valence-electron chi connectivity index (χ4n) is 5.42. The molecule has 1 atom stereocenters. The number of nitrogens with zero attached hydrogens (tertiary/aromatic N) is 1. The molecule has 1 N–H and O–H groups in total. The third-order valence-corrected chi connectivity index (χ3v) is 8.95. The van der Waals surface area contributed by atoms with Gasteiger partial charge in [0.1, 0.15) is 11.6 Å². The van der Waals surface area contributed by atoms with Crippen molar-refractivity contribution in [3.05, 3.63) is 185 Å². The van der Waals surface area contributed by atoms with Crippen LogP contribution >= 0.6 is 27.2 Å². The Morgan fingerprint density at radius 3 is 1.61 bits per heavy atom. The van der Waals surface area contributed by atoms with Crippen LogP contribution in [0.2, 0.25) is 0 Å². The van der Waals surface area contributed by atoms with E-state index in [4.69, 9.17) is 18.6 Å². The number of benzene rings is 6. The van der Waals surface area contributed by atoms with Gasteiger partial charge in [0.05, 0.1) is 0 Å². The summed E-state index contributed by atoms with van der Waals surface area (Å²) in [6, 6.07) is 50.3. The zero-order chi connectivity index (χ0) is 32.1. The first-order valence-electron chi connectivity index (χ1n) is 14.9. The van der Waals surface area contributed by atoms with Crippen molar-refractivity contribution in [2.75, 3.05) is 4.90 Å². The van der Waals surface area contributed by atoms with Crippen molar-refractivity contribution < 1.29 is 26.5 Å². The van der Waals surface area contributed by atoms with Gasteiger partial charge in [-0.05, 0) is 82.0 Å². The summed E-state index contributed by atoms with van der Waals surface area (Å²) in [6.45, 7) is 0.495. The summed E-state index contributed by atoms with van der Waals surface area (Å²) >= 11 is -0.556. The van der Waals surface area contributed by atoms with Gasteiger partial charge in [-0.1, -0.05) is 118 Å². The molecule has 0 fully saturated rings. The zero-order valence-corrected chi connectivity index (χ0v) is 29.2. The Morgan fingerprint density at radius 1 is 0.565 bits per heavy atom. The van der Waals surface area contributed by atoms with Gasteiger partial charge < -0.3 is 10.0 Å². The molecule has 6 aromatic rings. The molecular weight excluding hydrogens is 667 g/mol. The van der Waals surface area contributed by atoms with E-state index in [0.717, 1.165) is 50.7 Å². The van der Waals surface area contributed by atoms with Gasteiger partial charge in [0.25, 0.3) is 0 Å². The van der Waals surface area contributed by atoms with Crippen molar-refractivity contribution in [3.63, 3.8) is 0 Å². The Hall–Kier alpha value is -3.43. The second-order valence-electron chi connectivity index (χ2n) is 10.7. The van der Waals surface area contributed by atoms with Gasteiger partial charge in [-0.3, -0.25) is 0 Å². The van der Waals surface area contributed by atoms with Crippen LogP contribution in [-0.4, -0.2) is 5.11 Å². The fraction of sp³-hybridized carbons (Fsp3) is 0.0769. The van der Waals surface area contributed by atoms with Gasteiger partial charge >= 0.3 is 35.6 Å². The molecule has 7 heteroatoms. The van der Waals surface area contributed by atoms with Crippen LogP contribution in [0.1, 0.15) is 27.8 Å². The fourth-order valence-corrected chi connectivity index (χ4v) is 6.72. The standard InChI is InChI=1S/C39H33FNOP.2ClH.Ti/c40-34-21-22-37(33(27-34)28-41(35-17-9-3-10-18-35)36-19-11-4-12-20-36)43-38-26-31(23-29-13-5-1-6-14-29)25-32(39(38)42)24-30-15-7-2-8-16-30;;;/h1-22,25-27,42-43H,23-24,28H2;2*1H;/q;;;+2/p-2. The first-order valence-corrected chi connectivity index (χ1v) is 20.2. The predicted molar refractivity (Wildman–Crippen MR) is 191 cm³/mol. The van der Waals surface area contributed by atoms with Crippen molar-refractivity contribution in [3.8, 4) is 5.75 Å². The Bertz CT molecular complexity index is 1770. The molecule has 0 aliphatic rings. The number of phenols is 1. The molecule has 0 saturated carbocycles. The third-order valence-electron chi connectivity index (χ3n) is 7.54. The van der Waals surface area contributed by atoms with Gasteiger partial charge in [0.2, 0.25) is 0 Å². The second-order valence-corrected chi connectivity index (χ2v) is 14.6. The van der Waals surface area contributed by atoms with Crippen LogP contribution in [0.3, 0.4) is 0 Å². The van der Waals surface area contributed by atoms with Crippen molar-refractivity contribution in [2.45, 2.75) is 19.4 Å². The summed E-state index contributed by atoms with van der Waals surface area (Å²) < 4.78 is 14.8. The molecule has 2 nitrogen and oxygen atoms in total. The number of para-hydroxylation sites is 2. The van der Waals surface area contributed by atoms with E-state index in [0.29, 0.717) is 18.7 Å². The molecule has 6 rings (SSSR count). The molecule has 6 aromatic carbocycles.